The Morgan fingerprint density at radius 2 is 1.86 bits per heavy atom. The number of carbonyl (C=O) groups is 3. The van der Waals surface area contributed by atoms with Crippen molar-refractivity contribution in [2.24, 2.45) is 17.8 Å². The summed E-state index contributed by atoms with van der Waals surface area (Å²) in [5.41, 5.74) is 0.694. The number of benzene rings is 1. The van der Waals surface area contributed by atoms with Gasteiger partial charge in [0.25, 0.3) is 0 Å². The van der Waals surface area contributed by atoms with Crippen molar-refractivity contribution >= 4 is 51.1 Å². The topological polar surface area (TPSA) is 98.7 Å². The number of nitrogens with one attached hydrogen (secondary N) is 2. The fourth-order valence-electron chi connectivity index (χ4n) is 6.92. The molecule has 3 heterocycles. The summed E-state index contributed by atoms with van der Waals surface area (Å²) in [5, 5.41) is 16.5. The number of hydrogen-bond donors (Lipinski definition) is 3. The van der Waals surface area contributed by atoms with Crippen LogP contribution in [0.15, 0.2) is 30.3 Å². The maximum atomic E-state index is 14.2. The van der Waals surface area contributed by atoms with Gasteiger partial charge in [0.05, 0.1) is 29.2 Å². The molecule has 3 amide bonds. The number of thioether (sulfide) groups is 1. The zero-order valence-electron chi connectivity index (χ0n) is 20.9. The second-order valence-electron chi connectivity index (χ2n) is 11.1. The van der Waals surface area contributed by atoms with Crippen LogP contribution in [0.4, 0.5) is 5.69 Å². The molecule has 7 atom stereocenters. The first-order valence-electron chi connectivity index (χ1n) is 13.2. The second-order valence-corrected chi connectivity index (χ2v) is 13.8. The number of amides is 3. The Morgan fingerprint density at radius 3 is 2.50 bits per heavy atom. The van der Waals surface area contributed by atoms with Crippen LogP contribution in [-0.4, -0.2) is 67.3 Å². The van der Waals surface area contributed by atoms with Crippen molar-refractivity contribution in [2.45, 2.75) is 85.3 Å². The number of carbonyl (C=O) groups excluding carboxylic acids is 3. The van der Waals surface area contributed by atoms with E-state index >= 15 is 0 Å². The molecule has 3 saturated heterocycles. The van der Waals surface area contributed by atoms with Crippen LogP contribution in [0.2, 0.25) is 0 Å². The standard InChI is InChI=1S/C27H36BrN3O4S/c1-15(2)19(14-32)31-23(25(34)30-17-11-7-4-8-12-17)27-13-18(28)22(36-27)20(21(27)26(31)35)24(33)29-16-9-5-3-6-10-16/h3,5-6,9-10,15,17-23,32H,4,7-8,11-14H2,1-2H3,(H,29,33)(H,30,34)/t18?,19-,20+,21-,22+,23?,27?/m0/s1. The number of fused-ring (bicyclic) bond motifs is 1. The number of likely N-dealkylation sites (tertiary alicyclic amines) is 1. The summed E-state index contributed by atoms with van der Waals surface area (Å²) in [7, 11) is 0. The molecule has 1 spiro atoms. The summed E-state index contributed by atoms with van der Waals surface area (Å²) in [6, 6.07) is 8.22. The summed E-state index contributed by atoms with van der Waals surface area (Å²) >= 11 is 5.44. The summed E-state index contributed by atoms with van der Waals surface area (Å²) in [4.78, 5) is 43.5. The second kappa shape index (κ2) is 10.3. The molecule has 3 aliphatic heterocycles. The van der Waals surface area contributed by atoms with E-state index in [1.807, 2.05) is 44.2 Å². The number of alkyl halides is 1. The number of hydrogen-bond acceptors (Lipinski definition) is 5. The van der Waals surface area contributed by atoms with Gasteiger partial charge in [-0.3, -0.25) is 14.4 Å². The lowest BCUT2D eigenvalue weighted by Gasteiger charge is -2.39. The fraction of sp³-hybridized carbons (Fsp3) is 0.667. The van der Waals surface area contributed by atoms with E-state index in [2.05, 4.69) is 26.6 Å². The van der Waals surface area contributed by atoms with Crippen LogP contribution in [0, 0.1) is 17.8 Å². The average Bonchev–Trinajstić information content (AvgIpc) is 3.44. The SMILES string of the molecule is CC(C)[C@H](CO)N1C(=O)[C@@H]2[C@@H](C(=O)Nc3ccccc3)[C@@H]3SC2(CC3Br)C1C(=O)NC1CCCCC1. The summed E-state index contributed by atoms with van der Waals surface area (Å²) in [6.07, 6.45) is 5.93. The van der Waals surface area contributed by atoms with Crippen LogP contribution >= 0.6 is 27.7 Å². The first kappa shape index (κ1) is 26.0. The smallest absolute Gasteiger partial charge is 0.244 e. The van der Waals surface area contributed by atoms with Gasteiger partial charge in [0, 0.05) is 21.8 Å². The van der Waals surface area contributed by atoms with Crippen LogP contribution in [0.25, 0.3) is 0 Å². The van der Waals surface area contributed by atoms with E-state index in [1.165, 1.54) is 6.42 Å². The lowest BCUT2D eigenvalue weighted by atomic mass is 9.70. The van der Waals surface area contributed by atoms with Gasteiger partial charge in [-0.2, -0.15) is 0 Å². The fourth-order valence-corrected chi connectivity index (χ4v) is 10.5. The minimum absolute atomic E-state index is 0.0228. The monoisotopic (exact) mass is 577 g/mol. The molecule has 3 unspecified atom stereocenters. The Morgan fingerprint density at radius 1 is 1.17 bits per heavy atom. The van der Waals surface area contributed by atoms with E-state index in [9.17, 15) is 19.5 Å². The van der Waals surface area contributed by atoms with Crippen LogP contribution < -0.4 is 10.6 Å². The molecule has 4 fully saturated rings. The highest BCUT2D eigenvalue weighted by molar-refractivity contribution is 9.09. The molecule has 1 aromatic carbocycles. The van der Waals surface area contributed by atoms with Crippen molar-refractivity contribution in [1.29, 1.82) is 0 Å². The molecule has 3 N–H and O–H groups in total. The Labute approximate surface area is 225 Å². The van der Waals surface area contributed by atoms with Gasteiger partial charge in [0.1, 0.15) is 6.04 Å². The number of nitrogens with zero attached hydrogens (tertiary/aromatic N) is 1. The highest BCUT2D eigenvalue weighted by Crippen LogP contribution is 2.68. The summed E-state index contributed by atoms with van der Waals surface area (Å²) in [5.74, 6) is -1.66. The Balaban J connectivity index is 1.51. The number of aliphatic hydroxyl groups excluding tert-OH is 1. The first-order valence-corrected chi connectivity index (χ1v) is 15.0. The van der Waals surface area contributed by atoms with E-state index < -0.39 is 28.7 Å². The summed E-state index contributed by atoms with van der Waals surface area (Å²) < 4.78 is -0.699. The maximum Gasteiger partial charge on any atom is 0.244 e. The van der Waals surface area contributed by atoms with Crippen molar-refractivity contribution in [3.05, 3.63) is 30.3 Å². The summed E-state index contributed by atoms with van der Waals surface area (Å²) in [6.45, 7) is 3.72. The van der Waals surface area contributed by atoms with Gasteiger partial charge in [-0.15, -0.1) is 11.8 Å². The Kier molecular flexibility index (Phi) is 7.45. The quantitative estimate of drug-likeness (QED) is 0.430. The molecule has 9 heteroatoms. The van der Waals surface area contributed by atoms with E-state index in [1.54, 1.807) is 16.7 Å². The van der Waals surface area contributed by atoms with Crippen molar-refractivity contribution in [2.75, 3.05) is 11.9 Å². The molecule has 1 aliphatic carbocycles. The number of anilines is 1. The number of halogens is 1. The number of aliphatic hydroxyl groups is 1. The Bertz CT molecular complexity index is 1000. The predicted octanol–water partition coefficient (Wildman–Crippen LogP) is 3.56. The molecular weight excluding hydrogens is 542 g/mol. The molecule has 7 nitrogen and oxygen atoms in total. The van der Waals surface area contributed by atoms with Gasteiger partial charge in [-0.25, -0.2) is 0 Å². The van der Waals surface area contributed by atoms with Crippen LogP contribution in [0.5, 0.6) is 0 Å². The van der Waals surface area contributed by atoms with Crippen LogP contribution in [0.1, 0.15) is 52.4 Å². The number of para-hydroxylation sites is 1. The van der Waals surface area contributed by atoms with Gasteiger partial charge >= 0.3 is 0 Å². The third-order valence-corrected chi connectivity index (χ3v) is 11.8. The third-order valence-electron chi connectivity index (χ3n) is 8.58. The van der Waals surface area contributed by atoms with Gasteiger partial charge in [-0.05, 0) is 37.3 Å². The highest BCUT2D eigenvalue weighted by atomic mass is 79.9. The average molecular weight is 579 g/mol. The van der Waals surface area contributed by atoms with Gasteiger partial charge < -0.3 is 20.6 Å². The van der Waals surface area contributed by atoms with Crippen LogP contribution in [0.3, 0.4) is 0 Å². The lowest BCUT2D eigenvalue weighted by Crippen LogP contribution is -2.59. The molecule has 5 rings (SSSR count). The normalized spacial score (nSPS) is 34.6. The molecule has 2 bridgehead atoms. The largest absolute Gasteiger partial charge is 0.394 e. The minimum atomic E-state index is -0.707. The van der Waals surface area contributed by atoms with Gasteiger partial charge in [0.15, 0.2) is 0 Å². The van der Waals surface area contributed by atoms with E-state index in [0.717, 1.165) is 25.7 Å². The van der Waals surface area contributed by atoms with Gasteiger partial charge in [0.2, 0.25) is 17.7 Å². The van der Waals surface area contributed by atoms with E-state index in [-0.39, 0.29) is 46.4 Å². The molecular formula is C27H36BrN3O4S. The molecule has 1 saturated carbocycles. The minimum Gasteiger partial charge on any atom is -0.394 e. The lowest BCUT2D eigenvalue weighted by molar-refractivity contribution is -0.143. The van der Waals surface area contributed by atoms with Crippen LogP contribution in [-0.2, 0) is 14.4 Å². The predicted molar refractivity (Wildman–Crippen MR) is 145 cm³/mol. The third kappa shape index (κ3) is 4.29. The van der Waals surface area contributed by atoms with E-state index in [0.29, 0.717) is 12.1 Å². The van der Waals surface area contributed by atoms with Crippen molar-refractivity contribution in [3.8, 4) is 0 Å². The first-order chi connectivity index (χ1) is 17.3. The molecule has 0 radical (unpaired) electrons. The zero-order valence-corrected chi connectivity index (χ0v) is 23.3. The Hall–Kier alpha value is -1.58. The van der Waals surface area contributed by atoms with Gasteiger partial charge in [-0.1, -0.05) is 67.2 Å². The molecule has 1 aromatic rings. The van der Waals surface area contributed by atoms with Crippen molar-refractivity contribution < 1.29 is 19.5 Å². The van der Waals surface area contributed by atoms with Crippen molar-refractivity contribution in [1.82, 2.24) is 10.2 Å². The number of rotatable bonds is 7. The molecule has 196 valence electrons. The van der Waals surface area contributed by atoms with Crippen molar-refractivity contribution in [3.63, 3.8) is 0 Å². The van der Waals surface area contributed by atoms with E-state index in [4.69, 9.17) is 0 Å². The zero-order chi connectivity index (χ0) is 25.6. The highest BCUT2D eigenvalue weighted by Gasteiger charge is 2.76. The molecule has 0 aromatic heterocycles. The maximum absolute atomic E-state index is 14.2. The molecule has 4 aliphatic rings. The molecule has 36 heavy (non-hydrogen) atoms.